The number of carbonyl (C=O) groups is 1. The molecule has 0 spiro atoms. The van der Waals surface area contributed by atoms with Crippen molar-refractivity contribution in [3.63, 3.8) is 0 Å². The fourth-order valence-electron chi connectivity index (χ4n) is 2.18. The summed E-state index contributed by atoms with van der Waals surface area (Å²) in [5.74, 6) is -0.0256. The van der Waals surface area contributed by atoms with Crippen LogP contribution in [0.3, 0.4) is 0 Å². The lowest BCUT2D eigenvalue weighted by molar-refractivity contribution is 0.101. The number of amides is 1. The molecule has 0 aliphatic rings. The van der Waals surface area contributed by atoms with E-state index in [9.17, 15) is 4.79 Å². The zero-order valence-electron chi connectivity index (χ0n) is 12.8. The highest BCUT2D eigenvalue weighted by Gasteiger charge is 2.19. The molecule has 3 aromatic carbocycles. The van der Waals surface area contributed by atoms with Crippen LogP contribution < -0.4 is 4.31 Å². The fourth-order valence-corrected chi connectivity index (χ4v) is 3.06. The van der Waals surface area contributed by atoms with E-state index in [1.54, 1.807) is 4.31 Å². The number of anilines is 1. The van der Waals surface area contributed by atoms with Gasteiger partial charge in [-0.1, -0.05) is 54.1 Å². The Labute approximate surface area is 140 Å². The third-order valence-corrected chi connectivity index (χ3v) is 4.46. The van der Waals surface area contributed by atoms with E-state index >= 15 is 0 Å². The first kappa shape index (κ1) is 15.4. The molecule has 0 fully saturated rings. The van der Waals surface area contributed by atoms with Gasteiger partial charge in [0, 0.05) is 10.5 Å². The summed E-state index contributed by atoms with van der Waals surface area (Å²) in [6.45, 7) is 2.05. The summed E-state index contributed by atoms with van der Waals surface area (Å²) in [5.41, 5.74) is 2.75. The highest BCUT2D eigenvalue weighted by Crippen LogP contribution is 2.30. The molecule has 23 heavy (non-hydrogen) atoms. The maximum atomic E-state index is 12.9. The first-order chi connectivity index (χ1) is 11.2. The number of nitrogens with zero attached hydrogens (tertiary/aromatic N) is 1. The van der Waals surface area contributed by atoms with Gasteiger partial charge in [-0.25, -0.2) is 4.31 Å². The molecular weight excluding hydrogens is 302 g/mol. The molecule has 0 saturated heterocycles. The maximum Gasteiger partial charge on any atom is 0.268 e. The van der Waals surface area contributed by atoms with Crippen molar-refractivity contribution in [2.45, 2.75) is 11.8 Å². The molecule has 0 aliphatic heterocycles. The number of rotatable bonds is 4. The van der Waals surface area contributed by atoms with Crippen LogP contribution in [0.2, 0.25) is 0 Å². The van der Waals surface area contributed by atoms with Crippen molar-refractivity contribution in [3.05, 3.63) is 96.1 Å². The quantitative estimate of drug-likeness (QED) is 0.604. The molecule has 0 radical (unpaired) electrons. The highest BCUT2D eigenvalue weighted by atomic mass is 32.2. The molecule has 0 aromatic heterocycles. The number of hydrogen-bond donors (Lipinski definition) is 0. The molecule has 114 valence electrons. The number of aryl methyl sites for hydroxylation is 1. The maximum absolute atomic E-state index is 12.9. The topological polar surface area (TPSA) is 20.3 Å². The minimum Gasteiger partial charge on any atom is -0.268 e. The van der Waals surface area contributed by atoms with Crippen molar-refractivity contribution < 1.29 is 4.79 Å². The van der Waals surface area contributed by atoms with Crippen LogP contribution in [-0.4, -0.2) is 5.91 Å². The van der Waals surface area contributed by atoms with Crippen LogP contribution in [0, 0.1) is 6.92 Å². The number of hydrogen-bond acceptors (Lipinski definition) is 2. The number of para-hydroxylation sites is 1. The fraction of sp³-hybridized carbons (Fsp3) is 0.0500. The Balaban J connectivity index is 1.94. The molecule has 0 saturated carbocycles. The van der Waals surface area contributed by atoms with Gasteiger partial charge in [-0.15, -0.1) is 0 Å². The molecule has 3 heteroatoms. The molecule has 3 aromatic rings. The normalized spacial score (nSPS) is 10.3. The Kier molecular flexibility index (Phi) is 4.79. The van der Waals surface area contributed by atoms with Crippen molar-refractivity contribution in [2.75, 3.05) is 4.31 Å². The second-order valence-electron chi connectivity index (χ2n) is 5.21. The van der Waals surface area contributed by atoms with E-state index in [0.717, 1.165) is 10.6 Å². The van der Waals surface area contributed by atoms with E-state index in [0.29, 0.717) is 5.56 Å². The minimum atomic E-state index is -0.0256. The Hall–Kier alpha value is -2.52. The van der Waals surface area contributed by atoms with Gasteiger partial charge in [-0.3, -0.25) is 4.79 Å². The van der Waals surface area contributed by atoms with Crippen LogP contribution in [0.4, 0.5) is 5.69 Å². The van der Waals surface area contributed by atoms with Crippen LogP contribution in [0.5, 0.6) is 0 Å². The number of carbonyl (C=O) groups excluding carboxylic acids is 1. The molecular formula is C20H17NOS. The van der Waals surface area contributed by atoms with Gasteiger partial charge in [-0.2, -0.15) is 0 Å². The molecule has 0 atom stereocenters. The van der Waals surface area contributed by atoms with Gasteiger partial charge in [0.1, 0.15) is 0 Å². The second-order valence-corrected chi connectivity index (χ2v) is 6.22. The van der Waals surface area contributed by atoms with Crippen molar-refractivity contribution in [1.82, 2.24) is 0 Å². The van der Waals surface area contributed by atoms with Gasteiger partial charge in [0.05, 0.1) is 5.69 Å². The largest absolute Gasteiger partial charge is 0.268 e. The molecule has 0 heterocycles. The first-order valence-corrected chi connectivity index (χ1v) is 8.20. The van der Waals surface area contributed by atoms with E-state index in [1.807, 2.05) is 72.8 Å². The third-order valence-electron chi connectivity index (χ3n) is 3.41. The second kappa shape index (κ2) is 7.16. The van der Waals surface area contributed by atoms with Gasteiger partial charge in [0.15, 0.2) is 0 Å². The summed E-state index contributed by atoms with van der Waals surface area (Å²) < 4.78 is 1.74. The molecule has 0 bridgehead atoms. The van der Waals surface area contributed by atoms with Gasteiger partial charge >= 0.3 is 0 Å². The monoisotopic (exact) mass is 319 g/mol. The summed E-state index contributed by atoms with van der Waals surface area (Å²) in [4.78, 5) is 14.0. The van der Waals surface area contributed by atoms with Crippen LogP contribution in [0.1, 0.15) is 15.9 Å². The molecule has 0 N–H and O–H groups in total. The summed E-state index contributed by atoms with van der Waals surface area (Å²) in [6, 6.07) is 27.3. The van der Waals surface area contributed by atoms with E-state index in [4.69, 9.17) is 0 Å². The Morgan fingerprint density at radius 3 is 1.96 bits per heavy atom. The van der Waals surface area contributed by atoms with Crippen molar-refractivity contribution >= 4 is 23.5 Å². The molecule has 3 rings (SSSR count). The van der Waals surface area contributed by atoms with Crippen molar-refractivity contribution in [3.8, 4) is 0 Å². The summed E-state index contributed by atoms with van der Waals surface area (Å²) in [7, 11) is 0. The summed E-state index contributed by atoms with van der Waals surface area (Å²) >= 11 is 1.44. The van der Waals surface area contributed by atoms with Crippen molar-refractivity contribution in [1.29, 1.82) is 0 Å². The average molecular weight is 319 g/mol. The van der Waals surface area contributed by atoms with Gasteiger partial charge < -0.3 is 0 Å². The van der Waals surface area contributed by atoms with E-state index in [-0.39, 0.29) is 5.91 Å². The van der Waals surface area contributed by atoms with Gasteiger partial charge in [0.25, 0.3) is 5.91 Å². The van der Waals surface area contributed by atoms with E-state index in [1.165, 1.54) is 17.5 Å². The average Bonchev–Trinajstić information content (AvgIpc) is 2.62. The summed E-state index contributed by atoms with van der Waals surface area (Å²) in [5, 5.41) is 0. The lowest BCUT2D eigenvalue weighted by atomic mass is 10.2. The molecule has 2 nitrogen and oxygen atoms in total. The van der Waals surface area contributed by atoms with Crippen LogP contribution in [-0.2, 0) is 0 Å². The molecule has 1 amide bonds. The van der Waals surface area contributed by atoms with Gasteiger partial charge in [0.2, 0.25) is 0 Å². The standard InChI is InChI=1S/C20H17NOS/c1-16-12-14-19(15-13-16)23-21(18-10-6-3-7-11-18)20(22)17-8-4-2-5-9-17/h2-15H,1H3. The summed E-state index contributed by atoms with van der Waals surface area (Å²) in [6.07, 6.45) is 0. The van der Waals surface area contributed by atoms with Crippen molar-refractivity contribution in [2.24, 2.45) is 0 Å². The predicted octanol–water partition coefficient (Wildman–Crippen LogP) is 5.35. The Bertz CT molecular complexity index is 770. The minimum absolute atomic E-state index is 0.0256. The van der Waals surface area contributed by atoms with E-state index in [2.05, 4.69) is 19.1 Å². The lowest BCUT2D eigenvalue weighted by Crippen LogP contribution is -2.23. The predicted molar refractivity (Wildman–Crippen MR) is 96.7 cm³/mol. The smallest absolute Gasteiger partial charge is 0.268 e. The lowest BCUT2D eigenvalue weighted by Gasteiger charge is -2.21. The Morgan fingerprint density at radius 2 is 1.35 bits per heavy atom. The SMILES string of the molecule is Cc1ccc(SN(C(=O)c2ccccc2)c2ccccc2)cc1. The number of benzene rings is 3. The zero-order valence-corrected chi connectivity index (χ0v) is 13.7. The Morgan fingerprint density at radius 1 is 0.783 bits per heavy atom. The molecule has 0 aliphatic carbocycles. The van der Waals surface area contributed by atoms with Crippen LogP contribution in [0.25, 0.3) is 0 Å². The molecule has 0 unspecified atom stereocenters. The van der Waals surface area contributed by atoms with E-state index < -0.39 is 0 Å². The van der Waals surface area contributed by atoms with Gasteiger partial charge in [-0.05, 0) is 55.3 Å². The first-order valence-electron chi connectivity index (χ1n) is 7.43. The highest BCUT2D eigenvalue weighted by molar-refractivity contribution is 8.01. The zero-order chi connectivity index (χ0) is 16.1. The van der Waals surface area contributed by atoms with Crippen LogP contribution >= 0.6 is 11.9 Å². The third kappa shape index (κ3) is 3.82. The van der Waals surface area contributed by atoms with Crippen LogP contribution in [0.15, 0.2) is 89.8 Å².